The van der Waals surface area contributed by atoms with E-state index in [2.05, 4.69) is 25.7 Å². The lowest BCUT2D eigenvalue weighted by Gasteiger charge is -2.09. The highest BCUT2D eigenvalue weighted by atomic mass is 79.9. The monoisotopic (exact) mass is 304 g/mol. The van der Waals surface area contributed by atoms with Crippen LogP contribution < -0.4 is 0 Å². The van der Waals surface area contributed by atoms with Gasteiger partial charge in [0.25, 0.3) is 6.43 Å². The lowest BCUT2D eigenvalue weighted by Crippen LogP contribution is -2.10. The molecule has 1 aromatic heterocycles. The van der Waals surface area contributed by atoms with E-state index in [1.54, 1.807) is 6.07 Å². The number of carbonyl (C=O) groups is 1. The number of esters is 1. The summed E-state index contributed by atoms with van der Waals surface area (Å²) in [5.74, 6) is -0.780. The standard InChI is InChI=1S/C10H7BrF2N2O2/c1-17-10(16)6-2-5(3-11)8(9(12)13)15-7(6)4-14/h2,9H,3H2,1H3. The van der Waals surface area contributed by atoms with Crippen LogP contribution in [0.15, 0.2) is 6.07 Å². The Morgan fingerprint density at radius 1 is 1.71 bits per heavy atom. The van der Waals surface area contributed by atoms with Crippen molar-refractivity contribution in [3.8, 4) is 6.07 Å². The Kier molecular flexibility index (Phi) is 4.52. The molecule has 0 saturated heterocycles. The molecule has 0 unspecified atom stereocenters. The normalized spacial score (nSPS) is 10.1. The van der Waals surface area contributed by atoms with E-state index < -0.39 is 18.1 Å². The quantitative estimate of drug-likeness (QED) is 0.636. The van der Waals surface area contributed by atoms with Crippen molar-refractivity contribution >= 4 is 21.9 Å². The van der Waals surface area contributed by atoms with Gasteiger partial charge in [0, 0.05) is 5.33 Å². The Labute approximate surface area is 104 Å². The molecule has 0 aliphatic rings. The van der Waals surface area contributed by atoms with Crippen LogP contribution in [0.1, 0.15) is 33.7 Å². The first kappa shape index (κ1) is 13.5. The van der Waals surface area contributed by atoms with Gasteiger partial charge in [0.15, 0.2) is 5.69 Å². The maximum atomic E-state index is 12.6. The molecule has 1 aromatic rings. The summed E-state index contributed by atoms with van der Waals surface area (Å²) in [5, 5.41) is 8.86. The second-order valence-corrected chi connectivity index (χ2v) is 3.53. The molecule has 0 atom stereocenters. The number of alkyl halides is 3. The smallest absolute Gasteiger partial charge is 0.340 e. The molecule has 0 saturated carbocycles. The summed E-state index contributed by atoms with van der Waals surface area (Å²) < 4.78 is 29.7. The van der Waals surface area contributed by atoms with E-state index in [0.717, 1.165) is 7.11 Å². The summed E-state index contributed by atoms with van der Waals surface area (Å²) in [6.07, 6.45) is -2.80. The van der Waals surface area contributed by atoms with Gasteiger partial charge in [-0.3, -0.25) is 0 Å². The first-order chi connectivity index (χ1) is 8.04. The fourth-order valence-corrected chi connectivity index (χ4v) is 1.66. The number of rotatable bonds is 3. The third-order valence-corrected chi connectivity index (χ3v) is 2.60. The predicted octanol–water partition coefficient (Wildman–Crippen LogP) is 2.57. The van der Waals surface area contributed by atoms with Gasteiger partial charge in [-0.15, -0.1) is 0 Å². The summed E-state index contributed by atoms with van der Waals surface area (Å²) in [7, 11) is 1.14. The lowest BCUT2D eigenvalue weighted by atomic mass is 10.1. The molecule has 0 aromatic carbocycles. The first-order valence-electron chi connectivity index (χ1n) is 4.41. The molecule has 0 spiro atoms. The van der Waals surface area contributed by atoms with Crippen molar-refractivity contribution in [2.75, 3.05) is 7.11 Å². The zero-order chi connectivity index (χ0) is 13.0. The van der Waals surface area contributed by atoms with E-state index in [1.165, 1.54) is 6.07 Å². The molecule has 0 fully saturated rings. The molecule has 4 nitrogen and oxygen atoms in total. The zero-order valence-electron chi connectivity index (χ0n) is 8.71. The van der Waals surface area contributed by atoms with Crippen LogP contribution in [0.2, 0.25) is 0 Å². The lowest BCUT2D eigenvalue weighted by molar-refractivity contribution is 0.0599. The summed E-state index contributed by atoms with van der Waals surface area (Å²) in [5.41, 5.74) is -0.837. The third-order valence-electron chi connectivity index (χ3n) is 2.00. The van der Waals surface area contributed by atoms with Gasteiger partial charge in [-0.1, -0.05) is 15.9 Å². The molecule has 0 radical (unpaired) electrons. The fraction of sp³-hybridized carbons (Fsp3) is 0.300. The number of aromatic nitrogens is 1. The van der Waals surface area contributed by atoms with Gasteiger partial charge in [0.2, 0.25) is 0 Å². The minimum absolute atomic E-state index is 0.107. The van der Waals surface area contributed by atoms with Gasteiger partial charge in [-0.25, -0.2) is 18.6 Å². The molecule has 0 aliphatic heterocycles. The number of carbonyl (C=O) groups excluding carboxylic acids is 1. The number of hydrogen-bond acceptors (Lipinski definition) is 4. The van der Waals surface area contributed by atoms with Crippen LogP contribution in [0.4, 0.5) is 8.78 Å². The zero-order valence-corrected chi connectivity index (χ0v) is 10.3. The summed E-state index contributed by atoms with van der Waals surface area (Å²) in [4.78, 5) is 14.8. The van der Waals surface area contributed by atoms with Gasteiger partial charge in [-0.05, 0) is 11.6 Å². The highest BCUT2D eigenvalue weighted by molar-refractivity contribution is 9.08. The molecule has 0 aliphatic carbocycles. The fourth-order valence-electron chi connectivity index (χ4n) is 1.22. The molecular formula is C10H7BrF2N2O2. The first-order valence-corrected chi connectivity index (χ1v) is 5.53. The predicted molar refractivity (Wildman–Crippen MR) is 57.9 cm³/mol. The highest BCUT2D eigenvalue weighted by Gasteiger charge is 2.21. The molecule has 7 heteroatoms. The summed E-state index contributed by atoms with van der Waals surface area (Å²) >= 11 is 3.02. The van der Waals surface area contributed by atoms with Crippen molar-refractivity contribution in [3.63, 3.8) is 0 Å². The third kappa shape index (κ3) is 2.77. The highest BCUT2D eigenvalue weighted by Crippen LogP contribution is 2.25. The largest absolute Gasteiger partial charge is 0.465 e. The number of pyridine rings is 1. The van der Waals surface area contributed by atoms with Crippen molar-refractivity contribution < 1.29 is 18.3 Å². The Morgan fingerprint density at radius 2 is 2.35 bits per heavy atom. The van der Waals surface area contributed by atoms with Gasteiger partial charge in [0.1, 0.15) is 11.8 Å². The molecule has 17 heavy (non-hydrogen) atoms. The minimum Gasteiger partial charge on any atom is -0.465 e. The van der Waals surface area contributed by atoms with Crippen LogP contribution in [-0.4, -0.2) is 18.1 Å². The van der Waals surface area contributed by atoms with Crippen LogP contribution in [-0.2, 0) is 10.1 Å². The number of hydrogen-bond donors (Lipinski definition) is 0. The molecule has 1 heterocycles. The summed E-state index contributed by atoms with van der Waals surface area (Å²) in [6, 6.07) is 2.78. The van der Waals surface area contributed by atoms with Crippen molar-refractivity contribution in [2.45, 2.75) is 11.8 Å². The molecular weight excluding hydrogens is 298 g/mol. The topological polar surface area (TPSA) is 63.0 Å². The van der Waals surface area contributed by atoms with Gasteiger partial charge >= 0.3 is 5.97 Å². The number of methoxy groups -OCH3 is 1. The Bertz CT molecular complexity index is 486. The van der Waals surface area contributed by atoms with E-state index in [0.29, 0.717) is 0 Å². The number of nitrogens with zero attached hydrogens (tertiary/aromatic N) is 2. The number of halogens is 3. The van der Waals surface area contributed by atoms with Crippen LogP contribution in [0.5, 0.6) is 0 Å². The van der Waals surface area contributed by atoms with Gasteiger partial charge < -0.3 is 4.74 Å². The number of ether oxygens (including phenoxy) is 1. The molecule has 1 rings (SSSR count). The summed E-state index contributed by atoms with van der Waals surface area (Å²) in [6.45, 7) is 0. The SMILES string of the molecule is COC(=O)c1cc(CBr)c(C(F)F)nc1C#N. The second-order valence-electron chi connectivity index (χ2n) is 2.97. The minimum atomic E-state index is -2.80. The van der Waals surface area contributed by atoms with E-state index in [-0.39, 0.29) is 22.2 Å². The Balaban J connectivity index is 3.44. The van der Waals surface area contributed by atoms with Crippen molar-refractivity contribution in [2.24, 2.45) is 0 Å². The van der Waals surface area contributed by atoms with E-state index in [1.807, 2.05) is 0 Å². The van der Waals surface area contributed by atoms with Crippen LogP contribution >= 0.6 is 15.9 Å². The maximum absolute atomic E-state index is 12.6. The van der Waals surface area contributed by atoms with E-state index in [4.69, 9.17) is 5.26 Å². The molecule has 0 amide bonds. The average Bonchev–Trinajstić information content (AvgIpc) is 2.35. The van der Waals surface area contributed by atoms with Crippen LogP contribution in [0, 0.1) is 11.3 Å². The molecule has 90 valence electrons. The van der Waals surface area contributed by atoms with Gasteiger partial charge in [-0.2, -0.15) is 5.26 Å². The van der Waals surface area contributed by atoms with Crippen LogP contribution in [0.25, 0.3) is 0 Å². The van der Waals surface area contributed by atoms with E-state index >= 15 is 0 Å². The molecule has 0 bridgehead atoms. The van der Waals surface area contributed by atoms with Crippen molar-refractivity contribution in [1.82, 2.24) is 4.98 Å². The van der Waals surface area contributed by atoms with E-state index in [9.17, 15) is 13.6 Å². The Hall–Kier alpha value is -1.55. The van der Waals surface area contributed by atoms with Crippen molar-refractivity contribution in [3.05, 3.63) is 28.6 Å². The van der Waals surface area contributed by atoms with Crippen molar-refractivity contribution in [1.29, 1.82) is 5.26 Å². The number of nitriles is 1. The Morgan fingerprint density at radius 3 is 2.76 bits per heavy atom. The van der Waals surface area contributed by atoms with Gasteiger partial charge in [0.05, 0.1) is 12.7 Å². The second kappa shape index (κ2) is 5.68. The van der Waals surface area contributed by atoms with Crippen LogP contribution in [0.3, 0.4) is 0 Å². The average molecular weight is 305 g/mol. The maximum Gasteiger partial charge on any atom is 0.340 e. The molecule has 0 N–H and O–H groups in total.